The van der Waals surface area contributed by atoms with Gasteiger partial charge in [-0.3, -0.25) is 19.2 Å². The van der Waals surface area contributed by atoms with E-state index in [0.29, 0.717) is 35.5 Å². The summed E-state index contributed by atoms with van der Waals surface area (Å²) in [7, 11) is 1.32. The fourth-order valence-corrected chi connectivity index (χ4v) is 6.61. The van der Waals surface area contributed by atoms with Crippen LogP contribution >= 0.6 is 0 Å². The molecule has 1 amide bonds. The van der Waals surface area contributed by atoms with E-state index in [1.54, 1.807) is 49.1 Å². The zero-order valence-corrected chi connectivity index (χ0v) is 23.5. The van der Waals surface area contributed by atoms with E-state index in [2.05, 4.69) is 0 Å². The Morgan fingerprint density at radius 2 is 1.86 bits per heavy atom. The van der Waals surface area contributed by atoms with Gasteiger partial charge in [0.1, 0.15) is 12.2 Å². The van der Waals surface area contributed by atoms with Crippen LogP contribution in [0.3, 0.4) is 0 Å². The number of carbonyl (C=O) groups excluding carboxylic acids is 4. The number of aliphatic hydroxyl groups excluding tert-OH is 1. The maximum absolute atomic E-state index is 14.2. The van der Waals surface area contributed by atoms with Gasteiger partial charge in [-0.25, -0.2) is 0 Å². The van der Waals surface area contributed by atoms with Crippen LogP contribution in [-0.2, 0) is 28.6 Å². The molecule has 0 aromatic heterocycles. The number of ketones is 3. The van der Waals surface area contributed by atoms with Gasteiger partial charge in [0, 0.05) is 35.2 Å². The van der Waals surface area contributed by atoms with E-state index in [9.17, 15) is 29.4 Å². The summed E-state index contributed by atoms with van der Waals surface area (Å²) in [5.41, 5.74) is 5.04. The molecule has 0 spiro atoms. The van der Waals surface area contributed by atoms with Gasteiger partial charge in [-0.1, -0.05) is 25.5 Å². The molecular formula is C31H30N2O9. The number of Topliss-reactive ketones (excluding diaryl/α,β-unsaturated/α-hetero) is 2. The largest absolute Gasteiger partial charge is 0.457 e. The van der Waals surface area contributed by atoms with Crippen molar-refractivity contribution in [2.24, 2.45) is 5.73 Å². The van der Waals surface area contributed by atoms with Gasteiger partial charge < -0.3 is 35.1 Å². The Balaban J connectivity index is 1.55. The number of hydrogen-bond donors (Lipinski definition) is 3. The van der Waals surface area contributed by atoms with Gasteiger partial charge >= 0.3 is 0 Å². The zero-order chi connectivity index (χ0) is 30.2. The molecule has 218 valence electrons. The highest BCUT2D eigenvalue weighted by molar-refractivity contribution is 6.34. The molecule has 42 heavy (non-hydrogen) atoms. The first-order valence-corrected chi connectivity index (χ1v) is 13.7. The zero-order valence-electron chi connectivity index (χ0n) is 23.5. The molecule has 11 heteroatoms. The quantitative estimate of drug-likeness (QED) is 0.471. The van der Waals surface area contributed by atoms with Crippen molar-refractivity contribution in [3.8, 4) is 0 Å². The van der Waals surface area contributed by atoms with Crippen LogP contribution in [0.2, 0.25) is 0 Å². The highest BCUT2D eigenvalue weighted by Gasteiger charge is 2.65. The van der Waals surface area contributed by atoms with Crippen LogP contribution in [0.1, 0.15) is 44.0 Å². The summed E-state index contributed by atoms with van der Waals surface area (Å²) in [5.74, 6) is -3.32. The lowest BCUT2D eigenvalue weighted by Gasteiger charge is -2.45. The normalized spacial score (nSPS) is 30.4. The summed E-state index contributed by atoms with van der Waals surface area (Å²) in [6.45, 7) is 5.32. The van der Waals surface area contributed by atoms with E-state index in [1.807, 2.05) is 6.92 Å². The number of carbonyl (C=O) groups is 4. The first kappa shape index (κ1) is 28.0. The van der Waals surface area contributed by atoms with Gasteiger partial charge in [0.05, 0.1) is 28.5 Å². The van der Waals surface area contributed by atoms with Crippen molar-refractivity contribution in [3.05, 3.63) is 87.0 Å². The Morgan fingerprint density at radius 1 is 1.14 bits per heavy atom. The number of nitrogens with two attached hydrogens (primary N) is 1. The number of aliphatic hydroxyl groups is 2. The monoisotopic (exact) mass is 574 g/mol. The molecule has 2 aliphatic carbocycles. The van der Waals surface area contributed by atoms with Crippen LogP contribution < -0.4 is 10.6 Å². The average Bonchev–Trinajstić information content (AvgIpc) is 3.35. The summed E-state index contributed by atoms with van der Waals surface area (Å²) in [6.07, 6.45) is -1.24. The molecule has 3 aliphatic heterocycles. The Bertz CT molecular complexity index is 1640. The molecule has 0 bridgehead atoms. The highest BCUT2D eigenvalue weighted by atomic mass is 16.7. The topological polar surface area (TPSA) is 166 Å². The SMILES string of the molecule is CCCC1=C2C(=O)C3=CC(=O)C4=C(O[C@@H]5O[C@H](C)[C@@H](OC)[C@@H](O)[C@]45O)C(=O)C3=C2C=C(C)N1c1ccccc1C(N)=O. The number of nitrogens with zero attached hydrogens (tertiary/aromatic N) is 1. The lowest BCUT2D eigenvalue weighted by Crippen LogP contribution is -2.65. The highest BCUT2D eigenvalue weighted by Crippen LogP contribution is 2.51. The molecule has 5 atom stereocenters. The van der Waals surface area contributed by atoms with Crippen molar-refractivity contribution in [1.29, 1.82) is 0 Å². The maximum atomic E-state index is 14.2. The van der Waals surface area contributed by atoms with Gasteiger partial charge in [0.25, 0.3) is 5.91 Å². The molecule has 11 nitrogen and oxygen atoms in total. The number of amides is 1. The fourth-order valence-electron chi connectivity index (χ4n) is 6.61. The lowest BCUT2D eigenvalue weighted by atomic mass is 9.79. The third-order valence-corrected chi connectivity index (χ3v) is 8.44. The standard InChI is InChI=1S/C31H30N2O9/c1-5-8-19-22-16(11-13(2)33(19)18-10-7-6-9-15(18)29(32)38)21-17(24(22)35)12-20(34)23-27(25(21)36)42-30-31(23,39)28(37)26(40-4)14(3)41-30/h6-7,9-12,14,26,28,30,37,39H,5,8H2,1-4H3,(H2,32,38)/t14-,26-,28-,30+,31-/m1/s1. The second-order valence-corrected chi connectivity index (χ2v) is 10.9. The van der Waals surface area contributed by atoms with Crippen LogP contribution in [0.25, 0.3) is 0 Å². The first-order chi connectivity index (χ1) is 20.0. The van der Waals surface area contributed by atoms with Gasteiger partial charge in [-0.15, -0.1) is 0 Å². The minimum atomic E-state index is -2.40. The van der Waals surface area contributed by atoms with Crippen LogP contribution in [0.5, 0.6) is 0 Å². The van der Waals surface area contributed by atoms with Gasteiger partial charge in [0.15, 0.2) is 22.9 Å². The molecule has 3 heterocycles. The number of ether oxygens (including phenoxy) is 3. The van der Waals surface area contributed by atoms with Crippen LogP contribution in [0.4, 0.5) is 5.69 Å². The number of hydrogen-bond acceptors (Lipinski definition) is 10. The van der Waals surface area contributed by atoms with Crippen molar-refractivity contribution in [1.82, 2.24) is 0 Å². The molecule has 0 unspecified atom stereocenters. The number of rotatable bonds is 5. The number of anilines is 1. The Labute approximate surface area is 241 Å². The molecule has 1 aromatic carbocycles. The van der Waals surface area contributed by atoms with Gasteiger partial charge in [-0.05, 0) is 44.6 Å². The third kappa shape index (κ3) is 3.61. The molecule has 1 saturated heterocycles. The van der Waals surface area contributed by atoms with Gasteiger partial charge in [0.2, 0.25) is 12.1 Å². The second kappa shape index (κ2) is 9.70. The molecule has 6 rings (SSSR count). The minimum Gasteiger partial charge on any atom is -0.457 e. The predicted octanol–water partition coefficient (Wildman–Crippen LogP) is 1.66. The molecule has 4 N–H and O–H groups in total. The maximum Gasteiger partial charge on any atom is 0.250 e. The van der Waals surface area contributed by atoms with Crippen LogP contribution in [-0.4, -0.2) is 70.8 Å². The van der Waals surface area contributed by atoms with Crippen molar-refractivity contribution in [3.63, 3.8) is 0 Å². The van der Waals surface area contributed by atoms with E-state index in [4.69, 9.17) is 19.9 Å². The van der Waals surface area contributed by atoms with Crippen molar-refractivity contribution >= 4 is 28.9 Å². The predicted molar refractivity (Wildman–Crippen MR) is 147 cm³/mol. The summed E-state index contributed by atoms with van der Waals surface area (Å²) in [5, 5.41) is 22.7. The molecule has 5 aliphatic rings. The first-order valence-electron chi connectivity index (χ1n) is 13.7. The Morgan fingerprint density at radius 3 is 2.52 bits per heavy atom. The number of fused-ring (bicyclic) bond motifs is 4. The van der Waals surface area contributed by atoms with E-state index in [0.717, 1.165) is 6.08 Å². The van der Waals surface area contributed by atoms with E-state index >= 15 is 0 Å². The molecule has 0 saturated carbocycles. The smallest absolute Gasteiger partial charge is 0.250 e. The van der Waals surface area contributed by atoms with E-state index < -0.39 is 64.8 Å². The lowest BCUT2D eigenvalue weighted by molar-refractivity contribution is -0.303. The number of primary amides is 1. The number of allylic oxidation sites excluding steroid dienone is 8. The fraction of sp³-hybridized carbons (Fsp3) is 0.355. The third-order valence-electron chi connectivity index (χ3n) is 8.44. The number of benzene rings is 1. The van der Waals surface area contributed by atoms with Gasteiger partial charge in [-0.2, -0.15) is 0 Å². The number of methoxy groups -OCH3 is 1. The molecule has 1 fully saturated rings. The summed E-state index contributed by atoms with van der Waals surface area (Å²) in [6, 6.07) is 6.76. The molecule has 1 aromatic rings. The van der Waals surface area contributed by atoms with Crippen molar-refractivity contribution < 1.29 is 43.6 Å². The van der Waals surface area contributed by atoms with Crippen molar-refractivity contribution in [2.75, 3.05) is 12.0 Å². The minimum absolute atomic E-state index is 0.0442. The summed E-state index contributed by atoms with van der Waals surface area (Å²) >= 11 is 0. The Hall–Kier alpha value is -4.16. The van der Waals surface area contributed by atoms with Crippen molar-refractivity contribution in [2.45, 2.75) is 63.8 Å². The average molecular weight is 575 g/mol. The van der Waals surface area contributed by atoms with E-state index in [-0.39, 0.29) is 22.3 Å². The molecular weight excluding hydrogens is 544 g/mol. The second-order valence-electron chi connectivity index (χ2n) is 10.9. The van der Waals surface area contributed by atoms with Crippen LogP contribution in [0, 0.1) is 0 Å². The Kier molecular flexibility index (Phi) is 6.46. The molecule has 0 radical (unpaired) electrons. The van der Waals surface area contributed by atoms with E-state index in [1.165, 1.54) is 7.11 Å². The summed E-state index contributed by atoms with van der Waals surface area (Å²) in [4.78, 5) is 56.0. The number of para-hydroxylation sites is 1. The van der Waals surface area contributed by atoms with Crippen LogP contribution in [0.15, 0.2) is 81.4 Å². The summed E-state index contributed by atoms with van der Waals surface area (Å²) < 4.78 is 16.8.